The zero-order chi connectivity index (χ0) is 20.9. The number of benzene rings is 1. The van der Waals surface area contributed by atoms with Crippen LogP contribution in [0, 0.1) is 5.92 Å². The normalized spacial score (nSPS) is 21.2. The lowest BCUT2D eigenvalue weighted by atomic mass is 9.95. The number of piperidine rings is 1. The molecule has 0 saturated carbocycles. The summed E-state index contributed by atoms with van der Waals surface area (Å²) in [4.78, 5) is 28.8. The summed E-state index contributed by atoms with van der Waals surface area (Å²) in [5.74, 6) is 0.559. The Labute approximate surface area is 173 Å². The number of carbonyl (C=O) groups excluding carboxylic acids is 2. The van der Waals surface area contributed by atoms with Gasteiger partial charge in [0.05, 0.1) is 4.90 Å². The molecule has 2 fully saturated rings. The van der Waals surface area contributed by atoms with Crippen LogP contribution in [0.2, 0.25) is 0 Å². The number of hydrogen-bond acceptors (Lipinski definition) is 4. The van der Waals surface area contributed by atoms with Crippen molar-refractivity contribution in [2.45, 2.75) is 43.9 Å². The summed E-state index contributed by atoms with van der Waals surface area (Å²) in [7, 11) is -3.52. The molecule has 0 aromatic heterocycles. The zero-order valence-corrected chi connectivity index (χ0v) is 17.9. The van der Waals surface area contributed by atoms with E-state index in [9.17, 15) is 18.0 Å². The largest absolute Gasteiger partial charge is 0.342 e. The number of hydrogen-bond donors (Lipinski definition) is 0. The van der Waals surface area contributed by atoms with Crippen LogP contribution in [-0.4, -0.2) is 73.6 Å². The number of carbonyl (C=O) groups is 2. The van der Waals surface area contributed by atoms with Gasteiger partial charge in [0.1, 0.15) is 0 Å². The molecule has 1 unspecified atom stereocenters. The van der Waals surface area contributed by atoms with Crippen molar-refractivity contribution in [2.24, 2.45) is 5.92 Å². The highest BCUT2D eigenvalue weighted by atomic mass is 32.2. The van der Waals surface area contributed by atoms with Crippen LogP contribution >= 0.6 is 0 Å². The van der Waals surface area contributed by atoms with Gasteiger partial charge in [-0.2, -0.15) is 4.31 Å². The first-order valence-electron chi connectivity index (χ1n) is 10.5. The minimum absolute atomic E-state index is 0.0572. The molecule has 1 atom stereocenters. The number of rotatable bonds is 6. The average Bonchev–Trinajstić information content (AvgIpc) is 2.78. The van der Waals surface area contributed by atoms with E-state index in [1.807, 2.05) is 4.90 Å². The van der Waals surface area contributed by atoms with E-state index in [1.54, 1.807) is 35.2 Å². The van der Waals surface area contributed by atoms with Crippen LogP contribution in [0.5, 0.6) is 0 Å². The summed E-state index contributed by atoms with van der Waals surface area (Å²) in [6, 6.07) is 8.36. The van der Waals surface area contributed by atoms with Gasteiger partial charge in [0, 0.05) is 52.1 Å². The highest BCUT2D eigenvalue weighted by Crippen LogP contribution is 2.21. The number of likely N-dealkylation sites (tertiary alicyclic amines) is 1. The van der Waals surface area contributed by atoms with E-state index in [-0.39, 0.29) is 42.6 Å². The fourth-order valence-electron chi connectivity index (χ4n) is 4.07. The van der Waals surface area contributed by atoms with Crippen LogP contribution in [0.3, 0.4) is 0 Å². The van der Waals surface area contributed by atoms with Crippen molar-refractivity contribution < 1.29 is 18.0 Å². The van der Waals surface area contributed by atoms with Gasteiger partial charge in [0.2, 0.25) is 21.8 Å². The first-order chi connectivity index (χ1) is 13.9. The molecule has 0 aliphatic carbocycles. The minimum Gasteiger partial charge on any atom is -0.342 e. The standard InChI is InChI=1S/C21H31N3O4S/c1-2-18-7-6-12-23(17-18)21(26)11-10-20(25)22-13-15-24(16-14-22)29(27,28)19-8-4-3-5-9-19/h3-5,8-9,18H,2,6-7,10-17H2,1H3. The first-order valence-corrected chi connectivity index (χ1v) is 12.0. The van der Waals surface area contributed by atoms with Crippen molar-refractivity contribution in [3.8, 4) is 0 Å². The lowest BCUT2D eigenvalue weighted by molar-refractivity contribution is -0.138. The van der Waals surface area contributed by atoms with Gasteiger partial charge in [0.15, 0.2) is 0 Å². The second-order valence-electron chi connectivity index (χ2n) is 7.85. The van der Waals surface area contributed by atoms with Crippen LogP contribution in [0.1, 0.15) is 39.0 Å². The molecule has 0 spiro atoms. The average molecular weight is 422 g/mol. The molecule has 3 rings (SSSR count). The Kier molecular flexibility index (Phi) is 7.29. The number of piperazine rings is 1. The number of sulfonamides is 1. The van der Waals surface area contributed by atoms with Crippen molar-refractivity contribution in [3.05, 3.63) is 30.3 Å². The summed E-state index contributed by atoms with van der Waals surface area (Å²) in [5.41, 5.74) is 0. The third-order valence-electron chi connectivity index (χ3n) is 5.97. The molecule has 2 aliphatic rings. The van der Waals surface area contributed by atoms with Crippen molar-refractivity contribution in [2.75, 3.05) is 39.3 Å². The molecule has 8 heteroatoms. The van der Waals surface area contributed by atoms with E-state index in [1.165, 1.54) is 10.7 Å². The van der Waals surface area contributed by atoms with Crippen molar-refractivity contribution in [1.82, 2.24) is 14.1 Å². The quantitative estimate of drug-likeness (QED) is 0.703. The van der Waals surface area contributed by atoms with Gasteiger partial charge in [0.25, 0.3) is 0 Å². The van der Waals surface area contributed by atoms with Gasteiger partial charge in [-0.05, 0) is 30.9 Å². The molecule has 0 bridgehead atoms. The smallest absolute Gasteiger partial charge is 0.243 e. The van der Waals surface area contributed by atoms with E-state index in [0.29, 0.717) is 19.0 Å². The maximum Gasteiger partial charge on any atom is 0.243 e. The molecule has 2 amide bonds. The predicted molar refractivity (Wildman–Crippen MR) is 111 cm³/mol. The van der Waals surface area contributed by atoms with Crippen LogP contribution < -0.4 is 0 Å². The van der Waals surface area contributed by atoms with Crippen molar-refractivity contribution in [3.63, 3.8) is 0 Å². The van der Waals surface area contributed by atoms with Crippen LogP contribution in [-0.2, 0) is 19.6 Å². The lowest BCUT2D eigenvalue weighted by Crippen LogP contribution is -2.50. The van der Waals surface area contributed by atoms with E-state index in [4.69, 9.17) is 0 Å². The highest BCUT2D eigenvalue weighted by Gasteiger charge is 2.30. The van der Waals surface area contributed by atoms with E-state index < -0.39 is 10.0 Å². The monoisotopic (exact) mass is 421 g/mol. The summed E-state index contributed by atoms with van der Waals surface area (Å²) >= 11 is 0. The third kappa shape index (κ3) is 5.36. The molecule has 1 aromatic carbocycles. The fraction of sp³-hybridized carbons (Fsp3) is 0.619. The molecule has 29 heavy (non-hydrogen) atoms. The first kappa shape index (κ1) is 21.8. The third-order valence-corrected chi connectivity index (χ3v) is 7.89. The Morgan fingerprint density at radius 2 is 1.55 bits per heavy atom. The second-order valence-corrected chi connectivity index (χ2v) is 9.79. The Hall–Kier alpha value is -1.93. The fourth-order valence-corrected chi connectivity index (χ4v) is 5.52. The van der Waals surface area contributed by atoms with E-state index in [2.05, 4.69) is 6.92 Å². The molecular formula is C21H31N3O4S. The van der Waals surface area contributed by atoms with Gasteiger partial charge in [-0.3, -0.25) is 9.59 Å². The number of amides is 2. The van der Waals surface area contributed by atoms with Gasteiger partial charge in [-0.15, -0.1) is 0 Å². The predicted octanol–water partition coefficient (Wildman–Crippen LogP) is 1.95. The highest BCUT2D eigenvalue weighted by molar-refractivity contribution is 7.89. The van der Waals surface area contributed by atoms with Gasteiger partial charge in [-0.25, -0.2) is 8.42 Å². The number of nitrogens with zero attached hydrogens (tertiary/aromatic N) is 3. The molecular weight excluding hydrogens is 390 g/mol. The summed E-state index contributed by atoms with van der Waals surface area (Å²) in [6.45, 7) is 5.03. The lowest BCUT2D eigenvalue weighted by Gasteiger charge is -2.34. The van der Waals surface area contributed by atoms with Crippen LogP contribution in [0.15, 0.2) is 35.2 Å². The molecule has 2 saturated heterocycles. The topological polar surface area (TPSA) is 78.0 Å². The summed E-state index contributed by atoms with van der Waals surface area (Å²) < 4.78 is 26.8. The van der Waals surface area contributed by atoms with Gasteiger partial charge >= 0.3 is 0 Å². The van der Waals surface area contributed by atoms with Gasteiger partial charge < -0.3 is 9.80 Å². The zero-order valence-electron chi connectivity index (χ0n) is 17.1. The summed E-state index contributed by atoms with van der Waals surface area (Å²) in [5, 5.41) is 0. The van der Waals surface area contributed by atoms with Crippen LogP contribution in [0.4, 0.5) is 0 Å². The molecule has 0 N–H and O–H groups in total. The molecule has 7 nitrogen and oxygen atoms in total. The second kappa shape index (κ2) is 9.71. The molecule has 2 aliphatic heterocycles. The molecule has 1 aromatic rings. The van der Waals surface area contributed by atoms with Crippen molar-refractivity contribution in [1.29, 1.82) is 0 Å². The van der Waals surface area contributed by atoms with Crippen LogP contribution in [0.25, 0.3) is 0 Å². The Morgan fingerprint density at radius 1 is 0.931 bits per heavy atom. The molecule has 160 valence electrons. The summed E-state index contributed by atoms with van der Waals surface area (Å²) in [6.07, 6.45) is 3.72. The minimum atomic E-state index is -3.52. The maximum absolute atomic E-state index is 12.7. The van der Waals surface area contributed by atoms with Crippen molar-refractivity contribution >= 4 is 21.8 Å². The Balaban J connectivity index is 1.46. The van der Waals surface area contributed by atoms with E-state index in [0.717, 1.165) is 25.9 Å². The Bertz CT molecular complexity index is 804. The Morgan fingerprint density at radius 3 is 2.17 bits per heavy atom. The molecule has 2 heterocycles. The SMILES string of the molecule is CCC1CCCN(C(=O)CCC(=O)N2CCN(S(=O)(=O)c3ccccc3)CC2)C1. The molecule has 0 radical (unpaired) electrons. The van der Waals surface area contributed by atoms with Gasteiger partial charge in [-0.1, -0.05) is 31.5 Å². The maximum atomic E-state index is 12.7. The van der Waals surface area contributed by atoms with E-state index >= 15 is 0 Å².